The Bertz CT molecular complexity index is 1360. The second kappa shape index (κ2) is 8.26. The number of ketones is 1. The second-order valence-electron chi connectivity index (χ2n) is 11.2. The number of hydrogen-bond acceptors (Lipinski definition) is 6. The van der Waals surface area contributed by atoms with Crippen LogP contribution in [0.2, 0.25) is 0 Å². The Labute approximate surface area is 210 Å². The van der Waals surface area contributed by atoms with E-state index < -0.39 is 28.2 Å². The number of benzene rings is 2. The molecule has 1 amide bonds. The molecule has 36 heavy (non-hydrogen) atoms. The Morgan fingerprint density at radius 2 is 1.58 bits per heavy atom. The minimum Gasteiger partial charge on any atom is -0.452 e. The van der Waals surface area contributed by atoms with Crippen molar-refractivity contribution in [2.24, 2.45) is 23.2 Å². The van der Waals surface area contributed by atoms with Gasteiger partial charge in [-0.1, -0.05) is 12.1 Å². The summed E-state index contributed by atoms with van der Waals surface area (Å²) in [5.74, 6) is 0.735. The summed E-state index contributed by atoms with van der Waals surface area (Å²) in [5.41, 5.74) is 0.258. The molecule has 1 atom stereocenters. The van der Waals surface area contributed by atoms with Crippen LogP contribution in [0.3, 0.4) is 0 Å². The molecule has 4 aliphatic carbocycles. The lowest BCUT2D eigenvalue weighted by Gasteiger charge is -2.59. The number of hydrogen-bond donors (Lipinski definition) is 1. The van der Waals surface area contributed by atoms with Crippen molar-refractivity contribution in [2.45, 2.75) is 61.3 Å². The third kappa shape index (κ3) is 3.69. The molecule has 2 aromatic rings. The van der Waals surface area contributed by atoms with E-state index in [9.17, 15) is 22.8 Å². The molecule has 7 nitrogen and oxygen atoms in total. The number of ether oxygens (including phenoxy) is 1. The lowest BCUT2D eigenvalue weighted by atomic mass is 9.48. The molecule has 0 spiro atoms. The van der Waals surface area contributed by atoms with Gasteiger partial charge in [0.25, 0.3) is 5.91 Å². The molecule has 0 aromatic heterocycles. The van der Waals surface area contributed by atoms with Gasteiger partial charge in [-0.05, 0) is 98.9 Å². The molecule has 7 rings (SSSR count). The molecule has 4 fully saturated rings. The Hall–Kier alpha value is -3.00. The van der Waals surface area contributed by atoms with Gasteiger partial charge in [-0.25, -0.2) is 13.2 Å². The van der Waals surface area contributed by atoms with Crippen molar-refractivity contribution in [1.82, 2.24) is 5.32 Å². The molecular formula is C28H29NO6S. The van der Waals surface area contributed by atoms with Crippen LogP contribution in [-0.4, -0.2) is 38.7 Å². The molecule has 2 aromatic carbocycles. The summed E-state index contributed by atoms with van der Waals surface area (Å²) in [6.07, 6.45) is 7.45. The van der Waals surface area contributed by atoms with Crippen LogP contribution >= 0.6 is 0 Å². The lowest BCUT2D eigenvalue weighted by Crippen LogP contribution is -2.56. The normalized spacial score (nSPS) is 29.7. The van der Waals surface area contributed by atoms with Crippen molar-refractivity contribution in [3.05, 3.63) is 59.2 Å². The van der Waals surface area contributed by atoms with Gasteiger partial charge in [0.05, 0.1) is 15.4 Å². The molecule has 1 heterocycles. The quantitative estimate of drug-likeness (QED) is 0.524. The third-order valence-corrected chi connectivity index (χ3v) is 10.7. The minimum atomic E-state index is -3.97. The van der Waals surface area contributed by atoms with Crippen LogP contribution in [0.1, 0.15) is 71.7 Å². The Morgan fingerprint density at radius 3 is 2.25 bits per heavy atom. The molecule has 4 saturated carbocycles. The SMILES string of the molecule is C[C@H](NC(=O)COC(=O)c1ccc2c(c1)S(=O)(=O)c1ccccc1C2=O)C12CC3CC(CC(C3)C1)C2. The monoisotopic (exact) mass is 507 g/mol. The van der Waals surface area contributed by atoms with Crippen molar-refractivity contribution < 1.29 is 27.5 Å². The number of fused-ring (bicyclic) bond motifs is 2. The van der Waals surface area contributed by atoms with Gasteiger partial charge in [-0.3, -0.25) is 9.59 Å². The van der Waals surface area contributed by atoms with Crippen molar-refractivity contribution >= 4 is 27.5 Å². The Morgan fingerprint density at radius 1 is 0.972 bits per heavy atom. The summed E-state index contributed by atoms with van der Waals surface area (Å²) in [4.78, 5) is 37.9. The van der Waals surface area contributed by atoms with Gasteiger partial charge in [0, 0.05) is 17.2 Å². The zero-order chi connectivity index (χ0) is 25.2. The van der Waals surface area contributed by atoms with E-state index in [1.165, 1.54) is 43.5 Å². The van der Waals surface area contributed by atoms with Gasteiger partial charge in [0.1, 0.15) is 0 Å². The Kier molecular flexibility index (Phi) is 5.37. The average Bonchev–Trinajstić information content (AvgIpc) is 2.85. The molecule has 188 valence electrons. The lowest BCUT2D eigenvalue weighted by molar-refractivity contribution is -0.128. The van der Waals surface area contributed by atoms with E-state index in [4.69, 9.17) is 4.74 Å². The predicted octanol–water partition coefficient (Wildman–Crippen LogP) is 3.94. The number of sulfone groups is 1. The van der Waals surface area contributed by atoms with Crippen LogP contribution in [-0.2, 0) is 19.4 Å². The van der Waals surface area contributed by atoms with E-state index in [1.807, 2.05) is 0 Å². The van der Waals surface area contributed by atoms with Crippen LogP contribution in [0.15, 0.2) is 52.3 Å². The summed E-state index contributed by atoms with van der Waals surface area (Å²) < 4.78 is 31.4. The predicted molar refractivity (Wildman–Crippen MR) is 130 cm³/mol. The zero-order valence-electron chi connectivity index (χ0n) is 20.2. The molecular weight excluding hydrogens is 478 g/mol. The number of esters is 1. The summed E-state index contributed by atoms with van der Waals surface area (Å²) in [6.45, 7) is 1.62. The summed E-state index contributed by atoms with van der Waals surface area (Å²) in [6, 6.07) is 9.88. The summed E-state index contributed by atoms with van der Waals surface area (Å²) >= 11 is 0. The third-order valence-electron chi connectivity index (χ3n) is 8.89. The molecule has 0 unspecified atom stereocenters. The molecule has 1 aliphatic heterocycles. The van der Waals surface area contributed by atoms with Gasteiger partial charge in [-0.2, -0.15) is 0 Å². The van der Waals surface area contributed by atoms with Gasteiger partial charge in [-0.15, -0.1) is 0 Å². The highest BCUT2D eigenvalue weighted by atomic mass is 32.2. The van der Waals surface area contributed by atoms with Crippen molar-refractivity contribution in [3.63, 3.8) is 0 Å². The standard InChI is InChI=1S/C28H29NO6S/c1-16(28-12-17-8-18(13-28)10-19(9-17)14-28)29-25(30)15-35-27(32)20-6-7-22-24(11-20)36(33,34)23-5-3-2-4-21(23)26(22)31/h2-7,11,16-19H,8-10,12-15H2,1H3,(H,29,30)/t16-,17?,18?,19?,28?/m0/s1. The topological polar surface area (TPSA) is 107 Å². The van der Waals surface area contributed by atoms with Crippen LogP contribution in [0.5, 0.6) is 0 Å². The maximum absolute atomic E-state index is 13.1. The minimum absolute atomic E-state index is 0.0112. The van der Waals surface area contributed by atoms with Crippen molar-refractivity contribution in [2.75, 3.05) is 6.61 Å². The van der Waals surface area contributed by atoms with Crippen molar-refractivity contribution in [3.8, 4) is 0 Å². The number of carbonyl (C=O) groups excluding carboxylic acids is 3. The Balaban J connectivity index is 1.13. The molecule has 1 N–H and O–H groups in total. The number of carbonyl (C=O) groups is 3. The molecule has 0 saturated heterocycles. The first kappa shape index (κ1) is 23.4. The first-order valence-corrected chi connectivity index (χ1v) is 14.1. The van der Waals surface area contributed by atoms with E-state index in [1.54, 1.807) is 12.1 Å². The largest absolute Gasteiger partial charge is 0.452 e. The van der Waals surface area contributed by atoms with Gasteiger partial charge < -0.3 is 10.1 Å². The first-order valence-electron chi connectivity index (χ1n) is 12.7. The average molecular weight is 508 g/mol. The molecule has 4 bridgehead atoms. The van der Waals surface area contributed by atoms with Crippen molar-refractivity contribution in [1.29, 1.82) is 0 Å². The first-order chi connectivity index (χ1) is 17.2. The van der Waals surface area contributed by atoms with Crippen LogP contribution in [0.25, 0.3) is 0 Å². The fraction of sp³-hybridized carbons (Fsp3) is 0.464. The van der Waals surface area contributed by atoms with Gasteiger partial charge in [0.15, 0.2) is 12.4 Å². The number of rotatable bonds is 5. The number of nitrogens with one attached hydrogen (secondary N) is 1. The van der Waals surface area contributed by atoms with E-state index in [0.717, 1.165) is 43.1 Å². The maximum atomic E-state index is 13.1. The van der Waals surface area contributed by atoms with E-state index >= 15 is 0 Å². The fourth-order valence-electron chi connectivity index (χ4n) is 7.57. The smallest absolute Gasteiger partial charge is 0.338 e. The van der Waals surface area contributed by atoms with Gasteiger partial charge in [0.2, 0.25) is 9.84 Å². The van der Waals surface area contributed by atoms with E-state index in [-0.39, 0.29) is 43.8 Å². The van der Waals surface area contributed by atoms with E-state index in [2.05, 4.69) is 12.2 Å². The summed E-state index contributed by atoms with van der Waals surface area (Å²) in [7, 11) is -3.97. The number of amides is 1. The molecule has 0 radical (unpaired) electrons. The maximum Gasteiger partial charge on any atom is 0.338 e. The highest BCUT2D eigenvalue weighted by molar-refractivity contribution is 7.91. The van der Waals surface area contributed by atoms with Crippen LogP contribution in [0.4, 0.5) is 0 Å². The highest BCUT2D eigenvalue weighted by Crippen LogP contribution is 2.61. The highest BCUT2D eigenvalue weighted by Gasteiger charge is 2.53. The van der Waals surface area contributed by atoms with E-state index in [0.29, 0.717) is 0 Å². The summed E-state index contributed by atoms with van der Waals surface area (Å²) in [5, 5.41) is 3.07. The molecule has 5 aliphatic rings. The fourth-order valence-corrected chi connectivity index (χ4v) is 9.25. The van der Waals surface area contributed by atoms with Gasteiger partial charge >= 0.3 is 5.97 Å². The molecule has 8 heteroatoms. The van der Waals surface area contributed by atoms with Crippen LogP contribution in [0, 0.1) is 23.2 Å². The second-order valence-corrected chi connectivity index (χ2v) is 13.1. The zero-order valence-corrected chi connectivity index (χ0v) is 21.0. The van der Waals surface area contributed by atoms with Crippen LogP contribution < -0.4 is 5.32 Å².